The number of nitrogens with zero attached hydrogens (tertiary/aromatic N) is 3. The van der Waals surface area contributed by atoms with Crippen molar-refractivity contribution in [2.45, 2.75) is 0 Å². The van der Waals surface area contributed by atoms with Gasteiger partial charge in [0, 0.05) is 40.8 Å². The number of pyridine rings is 1. The zero-order valence-corrected chi connectivity index (χ0v) is 14.7. The van der Waals surface area contributed by atoms with Gasteiger partial charge in [0.2, 0.25) is 0 Å². The van der Waals surface area contributed by atoms with Crippen molar-refractivity contribution in [2.24, 2.45) is 0 Å². The van der Waals surface area contributed by atoms with Gasteiger partial charge in [-0.3, -0.25) is 4.79 Å². The number of aliphatic hydroxyl groups is 1. The fourth-order valence-electron chi connectivity index (χ4n) is 2.88. The van der Waals surface area contributed by atoms with Gasteiger partial charge in [0.1, 0.15) is 18.6 Å². The highest BCUT2D eigenvalue weighted by Crippen LogP contribution is 2.30. The van der Waals surface area contributed by atoms with Crippen LogP contribution in [-0.4, -0.2) is 37.6 Å². The second kappa shape index (κ2) is 7.70. The predicted octanol–water partition coefficient (Wildman–Crippen LogP) is 2.62. The molecule has 0 atom stereocenters. The van der Waals surface area contributed by atoms with E-state index in [2.05, 4.69) is 37.1 Å². The summed E-state index contributed by atoms with van der Waals surface area (Å²) in [6.45, 7) is -0.357. The Morgan fingerprint density at radius 2 is 2.11 bits per heavy atom. The van der Waals surface area contributed by atoms with Crippen LogP contribution in [0.4, 0.5) is 5.69 Å². The van der Waals surface area contributed by atoms with Crippen LogP contribution >= 0.6 is 0 Å². The molecule has 0 aliphatic rings. The molecule has 0 aliphatic carbocycles. The number of H-pyrrole nitrogens is 1. The molecule has 4 aromatic rings. The molecule has 1 aromatic carbocycles. The van der Waals surface area contributed by atoms with Crippen molar-refractivity contribution in [2.75, 3.05) is 11.9 Å². The van der Waals surface area contributed by atoms with E-state index < -0.39 is 5.91 Å². The summed E-state index contributed by atoms with van der Waals surface area (Å²) in [6, 6.07) is 11.3. The number of amides is 1. The molecule has 0 saturated heterocycles. The van der Waals surface area contributed by atoms with Gasteiger partial charge in [-0.25, -0.2) is 15.0 Å². The monoisotopic (exact) mass is 369 g/mol. The molecule has 0 spiro atoms. The Balaban J connectivity index is 1.70. The van der Waals surface area contributed by atoms with Gasteiger partial charge in [0.25, 0.3) is 5.91 Å². The summed E-state index contributed by atoms with van der Waals surface area (Å²) in [5.74, 6) is 4.16. The molecule has 3 N–H and O–H groups in total. The quantitative estimate of drug-likeness (QED) is 0.482. The van der Waals surface area contributed by atoms with Gasteiger partial charge in [-0.05, 0) is 35.7 Å². The van der Waals surface area contributed by atoms with Gasteiger partial charge < -0.3 is 15.4 Å². The molecule has 3 heterocycles. The van der Waals surface area contributed by atoms with Crippen molar-refractivity contribution in [3.8, 4) is 34.2 Å². The number of benzene rings is 1. The fourth-order valence-corrected chi connectivity index (χ4v) is 2.88. The standard InChI is InChI=1S/C21H15N5O2/c27-8-2-5-20(28)26-16-4-1-3-14(9-16)15-10-17-18(12-24-21(17)23-11-15)19-6-7-22-13-25-19/h1,3-4,6-7,9-13,27H,8H2,(H,23,24)(H,26,28). The average Bonchev–Trinajstić information content (AvgIpc) is 3.16. The molecule has 0 aliphatic heterocycles. The van der Waals surface area contributed by atoms with E-state index in [9.17, 15) is 4.79 Å². The Morgan fingerprint density at radius 3 is 2.93 bits per heavy atom. The van der Waals surface area contributed by atoms with E-state index in [1.165, 1.54) is 6.33 Å². The number of aromatic amines is 1. The smallest absolute Gasteiger partial charge is 0.300 e. The molecule has 28 heavy (non-hydrogen) atoms. The van der Waals surface area contributed by atoms with Gasteiger partial charge in [0.15, 0.2) is 0 Å². The number of aromatic nitrogens is 4. The summed E-state index contributed by atoms with van der Waals surface area (Å²) >= 11 is 0. The van der Waals surface area contributed by atoms with Crippen LogP contribution in [0.2, 0.25) is 0 Å². The first kappa shape index (κ1) is 17.4. The third-order valence-electron chi connectivity index (χ3n) is 4.12. The van der Waals surface area contributed by atoms with Gasteiger partial charge in [-0.2, -0.15) is 0 Å². The molecular formula is C21H15N5O2. The van der Waals surface area contributed by atoms with Crippen LogP contribution < -0.4 is 5.32 Å². The highest BCUT2D eigenvalue weighted by atomic mass is 16.2. The number of rotatable bonds is 3. The summed E-state index contributed by atoms with van der Waals surface area (Å²) < 4.78 is 0. The van der Waals surface area contributed by atoms with Crippen molar-refractivity contribution in [3.05, 3.63) is 61.3 Å². The second-order valence-corrected chi connectivity index (χ2v) is 5.91. The van der Waals surface area contributed by atoms with Crippen LogP contribution in [-0.2, 0) is 4.79 Å². The third kappa shape index (κ3) is 3.58. The summed E-state index contributed by atoms with van der Waals surface area (Å²) in [5, 5.41) is 12.3. The predicted molar refractivity (Wildman–Crippen MR) is 106 cm³/mol. The molecule has 7 nitrogen and oxygen atoms in total. The Hall–Kier alpha value is -4.02. The molecule has 0 bridgehead atoms. The van der Waals surface area contributed by atoms with Crippen LogP contribution in [0.15, 0.2) is 61.3 Å². The third-order valence-corrected chi connectivity index (χ3v) is 4.12. The van der Waals surface area contributed by atoms with Crippen LogP contribution in [0.1, 0.15) is 0 Å². The Labute approximate surface area is 160 Å². The Morgan fingerprint density at radius 1 is 1.18 bits per heavy atom. The Bertz CT molecular complexity index is 1210. The normalized spacial score (nSPS) is 10.3. The van der Waals surface area contributed by atoms with E-state index >= 15 is 0 Å². The van der Waals surface area contributed by atoms with Crippen LogP contribution in [0.25, 0.3) is 33.4 Å². The first-order chi connectivity index (χ1) is 13.7. The maximum absolute atomic E-state index is 11.7. The Kier molecular flexibility index (Phi) is 4.78. The molecular weight excluding hydrogens is 354 g/mol. The lowest BCUT2D eigenvalue weighted by molar-refractivity contribution is -0.111. The minimum Gasteiger partial charge on any atom is -0.384 e. The number of carbonyl (C=O) groups excluding carboxylic acids is 1. The minimum atomic E-state index is -0.476. The average molecular weight is 369 g/mol. The van der Waals surface area contributed by atoms with Crippen LogP contribution in [0.5, 0.6) is 0 Å². The van der Waals surface area contributed by atoms with E-state index in [0.717, 1.165) is 33.4 Å². The van der Waals surface area contributed by atoms with Gasteiger partial charge in [-0.1, -0.05) is 18.1 Å². The van der Waals surface area contributed by atoms with E-state index in [1.54, 1.807) is 18.5 Å². The zero-order chi connectivity index (χ0) is 19.3. The summed E-state index contributed by atoms with van der Waals surface area (Å²) in [7, 11) is 0. The topological polar surface area (TPSA) is 104 Å². The number of nitrogens with one attached hydrogen (secondary N) is 2. The van der Waals surface area contributed by atoms with Crippen LogP contribution in [0, 0.1) is 11.8 Å². The molecule has 7 heteroatoms. The van der Waals surface area contributed by atoms with Gasteiger partial charge in [-0.15, -0.1) is 0 Å². The van der Waals surface area contributed by atoms with Crippen molar-refractivity contribution < 1.29 is 9.90 Å². The van der Waals surface area contributed by atoms with E-state index in [1.807, 2.05) is 36.5 Å². The summed E-state index contributed by atoms with van der Waals surface area (Å²) in [5.41, 5.74) is 4.93. The number of fused-ring (bicyclic) bond motifs is 1. The molecule has 3 aromatic heterocycles. The number of hydrogen-bond donors (Lipinski definition) is 3. The van der Waals surface area contributed by atoms with Crippen LogP contribution in [0.3, 0.4) is 0 Å². The van der Waals surface area contributed by atoms with Crippen molar-refractivity contribution in [3.63, 3.8) is 0 Å². The fraction of sp³-hybridized carbons (Fsp3) is 0.0476. The molecule has 0 saturated carbocycles. The molecule has 0 unspecified atom stereocenters. The zero-order valence-electron chi connectivity index (χ0n) is 14.7. The molecule has 136 valence electrons. The SMILES string of the molecule is O=C(C#CCO)Nc1cccc(-c2cnc3[nH]cc(-c4ccncn4)c3c2)c1. The second-order valence-electron chi connectivity index (χ2n) is 5.91. The van der Waals surface area contributed by atoms with E-state index in [4.69, 9.17) is 5.11 Å². The number of carbonyl (C=O) groups is 1. The molecule has 0 radical (unpaired) electrons. The first-order valence-corrected chi connectivity index (χ1v) is 8.49. The summed E-state index contributed by atoms with van der Waals surface area (Å²) in [4.78, 5) is 27.7. The first-order valence-electron chi connectivity index (χ1n) is 8.49. The highest BCUT2D eigenvalue weighted by molar-refractivity contribution is 6.04. The minimum absolute atomic E-state index is 0.357. The summed E-state index contributed by atoms with van der Waals surface area (Å²) in [6.07, 6.45) is 6.86. The van der Waals surface area contributed by atoms with E-state index in [-0.39, 0.29) is 6.61 Å². The van der Waals surface area contributed by atoms with Gasteiger partial charge >= 0.3 is 0 Å². The molecule has 0 fully saturated rings. The number of aliphatic hydroxyl groups excluding tert-OH is 1. The maximum atomic E-state index is 11.7. The highest BCUT2D eigenvalue weighted by Gasteiger charge is 2.10. The number of anilines is 1. The lowest BCUT2D eigenvalue weighted by atomic mass is 10.0. The molecule has 1 amide bonds. The van der Waals surface area contributed by atoms with Crippen molar-refractivity contribution in [1.82, 2.24) is 19.9 Å². The molecule has 4 rings (SSSR count). The van der Waals surface area contributed by atoms with Crippen molar-refractivity contribution in [1.29, 1.82) is 0 Å². The maximum Gasteiger partial charge on any atom is 0.300 e. The number of hydrogen-bond acceptors (Lipinski definition) is 5. The van der Waals surface area contributed by atoms with Crippen molar-refractivity contribution >= 4 is 22.6 Å². The lowest BCUT2D eigenvalue weighted by Crippen LogP contribution is -2.08. The largest absolute Gasteiger partial charge is 0.384 e. The van der Waals surface area contributed by atoms with E-state index in [0.29, 0.717) is 5.69 Å². The lowest BCUT2D eigenvalue weighted by Gasteiger charge is -2.06. The van der Waals surface area contributed by atoms with Gasteiger partial charge in [0.05, 0.1) is 5.69 Å².